The van der Waals surface area contributed by atoms with E-state index in [-0.39, 0.29) is 5.56 Å². The molecule has 3 aromatic rings. The molecule has 0 bridgehead atoms. The number of halogens is 1. The van der Waals surface area contributed by atoms with Gasteiger partial charge in [-0.15, -0.1) is 0 Å². The largest absolute Gasteiger partial charge is 0.457 e. The molecule has 1 aliphatic carbocycles. The molecule has 7 heteroatoms. The number of carbonyl (C=O) groups excluding carboxylic acids is 2. The molecule has 1 heterocycles. The molecule has 2 aromatic carbocycles. The van der Waals surface area contributed by atoms with Crippen LogP contribution in [-0.2, 0) is 16.0 Å². The highest BCUT2D eigenvalue weighted by atomic mass is 35.5. The number of carbonyl (C=O) groups is 2. The molecular formula is C21H17ClN2O4. The van der Waals surface area contributed by atoms with Gasteiger partial charge in [-0.25, -0.2) is 4.79 Å². The molecule has 4 rings (SSSR count). The van der Waals surface area contributed by atoms with Gasteiger partial charge in [0.25, 0.3) is 0 Å². The summed E-state index contributed by atoms with van der Waals surface area (Å²) < 4.78 is 10.9. The van der Waals surface area contributed by atoms with Gasteiger partial charge in [-0.2, -0.15) is 0 Å². The second-order valence-electron chi connectivity index (χ2n) is 6.67. The van der Waals surface area contributed by atoms with E-state index in [0.29, 0.717) is 28.5 Å². The van der Waals surface area contributed by atoms with E-state index in [4.69, 9.17) is 26.6 Å². The van der Waals surface area contributed by atoms with Crippen molar-refractivity contribution in [3.8, 4) is 11.3 Å². The van der Waals surface area contributed by atoms with Gasteiger partial charge in [0.15, 0.2) is 0 Å². The predicted octanol–water partition coefficient (Wildman–Crippen LogP) is 3.65. The molecule has 6 nitrogen and oxygen atoms in total. The van der Waals surface area contributed by atoms with Gasteiger partial charge < -0.3 is 15.0 Å². The minimum Gasteiger partial charge on any atom is -0.457 e. The van der Waals surface area contributed by atoms with Crippen molar-refractivity contribution in [2.24, 2.45) is 5.73 Å². The van der Waals surface area contributed by atoms with Gasteiger partial charge in [0.05, 0.1) is 5.02 Å². The fraction of sp³-hybridized carbons (Fsp3) is 0.190. The van der Waals surface area contributed by atoms with Gasteiger partial charge in [-0.05, 0) is 24.1 Å². The van der Waals surface area contributed by atoms with E-state index in [1.54, 1.807) is 31.2 Å². The average molecular weight is 397 g/mol. The summed E-state index contributed by atoms with van der Waals surface area (Å²) in [7, 11) is 0. The maximum absolute atomic E-state index is 13.0. The minimum absolute atomic E-state index is 0.187. The Morgan fingerprint density at radius 1 is 1.18 bits per heavy atom. The second kappa shape index (κ2) is 7.13. The van der Waals surface area contributed by atoms with Crippen LogP contribution in [0.25, 0.3) is 11.3 Å². The Morgan fingerprint density at radius 2 is 1.89 bits per heavy atom. The third-order valence-electron chi connectivity index (χ3n) is 4.94. The Bertz CT molecular complexity index is 1080. The number of amides is 1. The molecule has 0 aliphatic heterocycles. The van der Waals surface area contributed by atoms with E-state index in [0.717, 1.165) is 11.1 Å². The predicted molar refractivity (Wildman–Crippen MR) is 103 cm³/mol. The Labute approximate surface area is 166 Å². The maximum Gasteiger partial charge on any atom is 0.344 e. The van der Waals surface area contributed by atoms with Gasteiger partial charge in [-0.3, -0.25) is 4.79 Å². The fourth-order valence-electron chi connectivity index (χ4n) is 3.65. The molecule has 28 heavy (non-hydrogen) atoms. The minimum atomic E-state index is -0.691. The molecule has 142 valence electrons. The van der Waals surface area contributed by atoms with Crippen LogP contribution >= 0.6 is 11.6 Å². The summed E-state index contributed by atoms with van der Waals surface area (Å²) in [5.74, 6) is -1.54. The quantitative estimate of drug-likeness (QED) is 0.679. The number of benzene rings is 2. The van der Waals surface area contributed by atoms with Crippen molar-refractivity contribution < 1.29 is 18.8 Å². The second-order valence-corrected chi connectivity index (χ2v) is 7.08. The van der Waals surface area contributed by atoms with Gasteiger partial charge >= 0.3 is 5.97 Å². The first kappa shape index (κ1) is 18.3. The first-order valence-electron chi connectivity index (χ1n) is 8.76. The van der Waals surface area contributed by atoms with Gasteiger partial charge in [0.2, 0.25) is 5.91 Å². The SMILES string of the molecule is Cc1onc(-c2ccccc2Cl)c1C(=O)OC1Cc2ccccc2C1C(N)=O. The summed E-state index contributed by atoms with van der Waals surface area (Å²) in [5.41, 5.74) is 8.38. The highest BCUT2D eigenvalue weighted by Crippen LogP contribution is 2.37. The zero-order valence-corrected chi connectivity index (χ0v) is 15.8. The highest BCUT2D eigenvalue weighted by Gasteiger charge is 2.40. The summed E-state index contributed by atoms with van der Waals surface area (Å²) in [6.45, 7) is 1.62. The van der Waals surface area contributed by atoms with Crippen molar-refractivity contribution in [2.45, 2.75) is 25.4 Å². The van der Waals surface area contributed by atoms with Gasteiger partial charge in [0, 0.05) is 12.0 Å². The molecule has 0 radical (unpaired) electrons. The lowest BCUT2D eigenvalue weighted by molar-refractivity contribution is -0.121. The van der Waals surface area contributed by atoms with Crippen LogP contribution in [0.5, 0.6) is 0 Å². The number of hydrogen-bond acceptors (Lipinski definition) is 5. The Balaban J connectivity index is 1.66. The van der Waals surface area contributed by atoms with Crippen molar-refractivity contribution in [2.75, 3.05) is 0 Å². The molecule has 2 atom stereocenters. The van der Waals surface area contributed by atoms with Crippen molar-refractivity contribution in [1.82, 2.24) is 5.16 Å². The number of rotatable bonds is 4. The number of nitrogens with zero attached hydrogens (tertiary/aromatic N) is 1. The molecule has 2 N–H and O–H groups in total. The van der Waals surface area contributed by atoms with Crippen LogP contribution in [0.15, 0.2) is 53.1 Å². The molecule has 0 fully saturated rings. The highest BCUT2D eigenvalue weighted by molar-refractivity contribution is 6.33. The molecular weight excluding hydrogens is 380 g/mol. The normalized spacial score (nSPS) is 17.9. The summed E-state index contributed by atoms with van der Waals surface area (Å²) >= 11 is 6.25. The third kappa shape index (κ3) is 3.05. The molecule has 0 spiro atoms. The van der Waals surface area contributed by atoms with Gasteiger partial charge in [-0.1, -0.05) is 59.2 Å². The van der Waals surface area contributed by atoms with Crippen LogP contribution in [-0.4, -0.2) is 23.1 Å². The number of ether oxygens (including phenoxy) is 1. The summed E-state index contributed by atoms with van der Waals surface area (Å²) in [6, 6.07) is 14.5. The van der Waals surface area contributed by atoms with Crippen LogP contribution < -0.4 is 5.73 Å². The number of hydrogen-bond donors (Lipinski definition) is 1. The first-order chi connectivity index (χ1) is 13.5. The lowest BCUT2D eigenvalue weighted by Crippen LogP contribution is -2.32. The lowest BCUT2D eigenvalue weighted by atomic mass is 9.99. The molecule has 2 unspecified atom stereocenters. The molecule has 0 saturated heterocycles. The standard InChI is InChI=1S/C21H17ClN2O4/c1-11-17(19(24-28-11)14-8-4-5-9-15(14)22)21(26)27-16-10-12-6-2-3-7-13(12)18(16)20(23)25/h2-9,16,18H,10H2,1H3,(H2,23,25). The molecule has 0 saturated carbocycles. The van der Waals surface area contributed by atoms with Crippen LogP contribution in [0.1, 0.15) is 33.2 Å². The maximum atomic E-state index is 13.0. The number of aryl methyl sites for hydroxylation is 1. The zero-order valence-electron chi connectivity index (χ0n) is 15.0. The Morgan fingerprint density at radius 3 is 2.64 bits per heavy atom. The van der Waals surface area contributed by atoms with Crippen molar-refractivity contribution in [1.29, 1.82) is 0 Å². The number of fused-ring (bicyclic) bond motifs is 1. The van der Waals surface area contributed by atoms with Crippen LogP contribution in [0, 0.1) is 6.92 Å². The smallest absolute Gasteiger partial charge is 0.344 e. The van der Waals surface area contributed by atoms with E-state index in [9.17, 15) is 9.59 Å². The summed E-state index contributed by atoms with van der Waals surface area (Å²) in [5, 5.41) is 4.42. The molecule has 1 aromatic heterocycles. The van der Waals surface area contributed by atoms with Crippen molar-refractivity contribution in [3.05, 3.63) is 76.0 Å². The number of esters is 1. The summed E-state index contributed by atoms with van der Waals surface area (Å²) in [6.07, 6.45) is -0.267. The molecule has 1 aliphatic rings. The van der Waals surface area contributed by atoms with Crippen LogP contribution in [0.2, 0.25) is 5.02 Å². The van der Waals surface area contributed by atoms with E-state index < -0.39 is 23.9 Å². The third-order valence-corrected chi connectivity index (χ3v) is 5.27. The van der Waals surface area contributed by atoms with Crippen molar-refractivity contribution >= 4 is 23.5 Å². The fourth-order valence-corrected chi connectivity index (χ4v) is 3.88. The first-order valence-corrected chi connectivity index (χ1v) is 9.14. The number of nitrogens with two attached hydrogens (primary N) is 1. The van der Waals surface area contributed by atoms with Crippen molar-refractivity contribution in [3.63, 3.8) is 0 Å². The average Bonchev–Trinajstić information content (AvgIpc) is 3.22. The van der Waals surface area contributed by atoms with E-state index in [1.165, 1.54) is 0 Å². The van der Waals surface area contributed by atoms with E-state index in [1.807, 2.05) is 24.3 Å². The van der Waals surface area contributed by atoms with E-state index >= 15 is 0 Å². The number of primary amides is 1. The number of aromatic nitrogens is 1. The Kier molecular flexibility index (Phi) is 4.65. The van der Waals surface area contributed by atoms with Crippen LogP contribution in [0.4, 0.5) is 0 Å². The molecule has 1 amide bonds. The summed E-state index contributed by atoms with van der Waals surface area (Å²) in [4.78, 5) is 25.0. The zero-order chi connectivity index (χ0) is 19.8. The monoisotopic (exact) mass is 396 g/mol. The van der Waals surface area contributed by atoms with Gasteiger partial charge in [0.1, 0.15) is 29.0 Å². The Hall–Kier alpha value is -3.12. The lowest BCUT2D eigenvalue weighted by Gasteiger charge is -2.18. The van der Waals surface area contributed by atoms with E-state index in [2.05, 4.69) is 5.16 Å². The topological polar surface area (TPSA) is 95.4 Å². The van der Waals surface area contributed by atoms with Crippen LogP contribution in [0.3, 0.4) is 0 Å².